The summed E-state index contributed by atoms with van der Waals surface area (Å²) in [5.41, 5.74) is 0. The second-order valence-corrected chi connectivity index (χ2v) is 27.5. The fraction of sp³-hybridized carbons (Fsp3) is 0.907. The van der Waals surface area contributed by atoms with Crippen LogP contribution in [0.1, 0.15) is 303 Å². The minimum Gasteiger partial charge on any atom is -0.394 e. The number of hydrogen-bond donors (Lipinski definition) is 12. The Morgan fingerprint density at radius 2 is 0.681 bits per heavy atom. The molecule has 0 bridgehead atoms. The molecule has 3 aliphatic rings. The molecule has 0 aromatic heterocycles. The standard InChI is InChI=1S/C75H139NO18/c1-3-5-7-9-11-13-15-17-19-21-23-25-27-28-29-30-31-33-35-37-39-41-43-45-47-49-51-53-63(81)76-58(59(80)52-50-48-46-44-42-40-38-36-34-32-26-24-22-20-18-16-14-12-10-8-6-4-2)57-89-73-69(87)66(84)71(61(55-78)91-73)94-75-70(88)67(85)72(62(56-79)92-75)93-74-68(86)65(83)64(82)60(54-77)90-74/h34,36,42,44,50,52,58-62,64-75,77-80,82-88H,3-33,35,37-41,43,45-49,51,53-57H2,1-2H3,(H,76,81)/b36-34+,44-42+,52-50+. The predicted octanol–water partition coefficient (Wildman–Crippen LogP) is 11.6. The molecule has 19 nitrogen and oxygen atoms in total. The molecule has 3 fully saturated rings. The van der Waals surface area contributed by atoms with Gasteiger partial charge in [0.1, 0.15) is 73.2 Å². The minimum absolute atomic E-state index is 0.236. The molecule has 94 heavy (non-hydrogen) atoms. The maximum absolute atomic E-state index is 13.4. The monoisotopic (exact) mass is 1340 g/mol. The third kappa shape index (κ3) is 37.4. The van der Waals surface area contributed by atoms with Crippen molar-refractivity contribution in [3.8, 4) is 0 Å². The zero-order valence-electron chi connectivity index (χ0n) is 58.7. The van der Waals surface area contributed by atoms with Gasteiger partial charge in [-0.3, -0.25) is 4.79 Å². The van der Waals surface area contributed by atoms with Crippen molar-refractivity contribution in [1.29, 1.82) is 0 Å². The van der Waals surface area contributed by atoms with E-state index in [1.165, 1.54) is 225 Å². The van der Waals surface area contributed by atoms with Crippen molar-refractivity contribution in [2.24, 2.45) is 0 Å². The molecule has 17 atom stereocenters. The van der Waals surface area contributed by atoms with Gasteiger partial charge in [0, 0.05) is 6.42 Å². The average molecular weight is 1340 g/mol. The smallest absolute Gasteiger partial charge is 0.220 e. The Labute approximate surface area is 568 Å². The molecule has 0 radical (unpaired) electrons. The molecular weight excluding hydrogens is 1200 g/mol. The van der Waals surface area contributed by atoms with Crippen LogP contribution >= 0.6 is 0 Å². The number of amides is 1. The third-order valence-corrected chi connectivity index (χ3v) is 19.2. The van der Waals surface area contributed by atoms with Gasteiger partial charge in [0.05, 0.1) is 38.6 Å². The van der Waals surface area contributed by atoms with E-state index in [1.54, 1.807) is 6.08 Å². The molecule has 0 aromatic carbocycles. The maximum atomic E-state index is 13.4. The molecule has 3 saturated heterocycles. The lowest BCUT2D eigenvalue weighted by Crippen LogP contribution is -2.66. The first-order chi connectivity index (χ1) is 45.8. The zero-order valence-corrected chi connectivity index (χ0v) is 58.7. The molecule has 12 N–H and O–H groups in total. The Bertz CT molecular complexity index is 1840. The van der Waals surface area contributed by atoms with Crippen LogP contribution in [0.3, 0.4) is 0 Å². The van der Waals surface area contributed by atoms with Crippen LogP contribution < -0.4 is 5.32 Å². The van der Waals surface area contributed by atoms with Crippen LogP contribution in [0.25, 0.3) is 0 Å². The summed E-state index contributed by atoms with van der Waals surface area (Å²) in [6.45, 7) is 1.75. The summed E-state index contributed by atoms with van der Waals surface area (Å²) in [4.78, 5) is 13.4. The molecule has 3 rings (SSSR count). The molecule has 0 spiro atoms. The number of aliphatic hydroxyl groups is 11. The van der Waals surface area contributed by atoms with Crippen molar-refractivity contribution in [1.82, 2.24) is 5.32 Å². The summed E-state index contributed by atoms with van der Waals surface area (Å²) in [5, 5.41) is 121. The Morgan fingerprint density at radius 3 is 1.06 bits per heavy atom. The molecule has 19 heteroatoms. The summed E-state index contributed by atoms with van der Waals surface area (Å²) in [6, 6.07) is -0.995. The van der Waals surface area contributed by atoms with Gasteiger partial charge in [-0.05, 0) is 44.9 Å². The molecule has 1 amide bonds. The Morgan fingerprint density at radius 1 is 0.372 bits per heavy atom. The average Bonchev–Trinajstić information content (AvgIpc) is 0.787. The Kier molecular flexibility index (Phi) is 52.0. The SMILES string of the molecule is CCCCCCCCCCCCCC/C=C/CC/C=C/CC/C=C/C(O)C(COC1OC(CO)C(OC2OC(CO)C(OC3OC(CO)C(O)C(O)C3O)C(O)C2O)C(O)C1O)NC(=O)CCCCCCCCCCCCCCCCCCCCCCCCCCCCC. The number of hydrogen-bond acceptors (Lipinski definition) is 18. The summed E-state index contributed by atoms with van der Waals surface area (Å²) in [5.74, 6) is -0.284. The molecular formula is C75H139NO18. The zero-order chi connectivity index (χ0) is 68.2. The largest absolute Gasteiger partial charge is 0.394 e. The summed E-state index contributed by atoms with van der Waals surface area (Å²) < 4.78 is 34.4. The van der Waals surface area contributed by atoms with Crippen molar-refractivity contribution in [3.63, 3.8) is 0 Å². The van der Waals surface area contributed by atoms with Gasteiger partial charge >= 0.3 is 0 Å². The van der Waals surface area contributed by atoms with Gasteiger partial charge in [-0.2, -0.15) is 0 Å². The summed E-state index contributed by atoms with van der Waals surface area (Å²) >= 11 is 0. The van der Waals surface area contributed by atoms with E-state index in [1.807, 2.05) is 6.08 Å². The lowest BCUT2D eigenvalue weighted by Gasteiger charge is -2.48. The van der Waals surface area contributed by atoms with E-state index in [9.17, 15) is 61.0 Å². The van der Waals surface area contributed by atoms with Crippen molar-refractivity contribution < 1.29 is 89.4 Å². The van der Waals surface area contributed by atoms with Crippen LogP contribution in [0, 0.1) is 0 Å². The van der Waals surface area contributed by atoms with E-state index in [0.717, 1.165) is 44.9 Å². The Hall–Kier alpha value is -1.99. The highest BCUT2D eigenvalue weighted by molar-refractivity contribution is 5.76. The fourth-order valence-corrected chi connectivity index (χ4v) is 13.0. The molecule has 0 saturated carbocycles. The van der Waals surface area contributed by atoms with E-state index in [2.05, 4.69) is 43.5 Å². The van der Waals surface area contributed by atoms with Crippen molar-refractivity contribution in [2.75, 3.05) is 26.4 Å². The molecule has 3 heterocycles. The van der Waals surface area contributed by atoms with Gasteiger partial charge in [-0.25, -0.2) is 0 Å². The molecule has 0 aromatic rings. The first kappa shape index (κ1) is 86.2. The van der Waals surface area contributed by atoms with Crippen LogP contribution in [0.2, 0.25) is 0 Å². The second kappa shape index (κ2) is 56.7. The van der Waals surface area contributed by atoms with Gasteiger partial charge in [0.25, 0.3) is 0 Å². The topological polar surface area (TPSA) is 307 Å². The number of carbonyl (C=O) groups is 1. The highest BCUT2D eigenvalue weighted by Crippen LogP contribution is 2.33. The lowest BCUT2D eigenvalue weighted by molar-refractivity contribution is -0.379. The van der Waals surface area contributed by atoms with Crippen LogP contribution in [-0.2, 0) is 33.2 Å². The fourth-order valence-electron chi connectivity index (χ4n) is 13.0. The number of aliphatic hydroxyl groups excluding tert-OH is 11. The molecule has 552 valence electrons. The van der Waals surface area contributed by atoms with Crippen LogP contribution in [0.15, 0.2) is 36.5 Å². The van der Waals surface area contributed by atoms with Crippen molar-refractivity contribution in [2.45, 2.75) is 407 Å². The van der Waals surface area contributed by atoms with E-state index >= 15 is 0 Å². The molecule has 3 aliphatic heterocycles. The third-order valence-electron chi connectivity index (χ3n) is 19.2. The quantitative estimate of drug-likeness (QED) is 0.0199. The number of allylic oxidation sites excluding steroid dienone is 5. The Balaban J connectivity index is 1.41. The van der Waals surface area contributed by atoms with Gasteiger partial charge in [-0.15, -0.1) is 0 Å². The van der Waals surface area contributed by atoms with Crippen molar-refractivity contribution in [3.05, 3.63) is 36.5 Å². The van der Waals surface area contributed by atoms with Gasteiger partial charge in [0.2, 0.25) is 5.91 Å². The highest BCUT2D eigenvalue weighted by atomic mass is 16.8. The van der Waals surface area contributed by atoms with E-state index < -0.39 is 124 Å². The molecule has 17 unspecified atom stereocenters. The first-order valence-electron chi connectivity index (χ1n) is 38.2. The van der Waals surface area contributed by atoms with E-state index in [-0.39, 0.29) is 18.9 Å². The highest BCUT2D eigenvalue weighted by Gasteiger charge is 2.53. The number of carbonyl (C=O) groups excluding carboxylic acids is 1. The number of nitrogens with one attached hydrogen (secondary N) is 1. The van der Waals surface area contributed by atoms with Gasteiger partial charge < -0.3 is 89.9 Å². The summed E-state index contributed by atoms with van der Waals surface area (Å²) in [7, 11) is 0. The van der Waals surface area contributed by atoms with Crippen LogP contribution in [0.4, 0.5) is 0 Å². The van der Waals surface area contributed by atoms with Crippen molar-refractivity contribution >= 4 is 5.91 Å². The minimum atomic E-state index is -1.98. The van der Waals surface area contributed by atoms with E-state index in [4.69, 9.17) is 28.4 Å². The van der Waals surface area contributed by atoms with Gasteiger partial charge in [-0.1, -0.05) is 288 Å². The normalized spacial score (nSPS) is 27.5. The van der Waals surface area contributed by atoms with Crippen LogP contribution in [-0.4, -0.2) is 193 Å². The first-order valence-corrected chi connectivity index (χ1v) is 38.2. The molecule has 0 aliphatic carbocycles. The van der Waals surface area contributed by atoms with Gasteiger partial charge in [0.15, 0.2) is 18.9 Å². The second-order valence-electron chi connectivity index (χ2n) is 27.5. The lowest BCUT2D eigenvalue weighted by atomic mass is 9.96. The maximum Gasteiger partial charge on any atom is 0.220 e. The number of unbranched alkanes of at least 4 members (excludes halogenated alkanes) is 40. The predicted molar refractivity (Wildman–Crippen MR) is 369 cm³/mol. The number of rotatable bonds is 60. The summed E-state index contributed by atoms with van der Waals surface area (Å²) in [6.07, 6.45) is 41.3. The number of ether oxygens (including phenoxy) is 6. The van der Waals surface area contributed by atoms with E-state index in [0.29, 0.717) is 12.8 Å². The van der Waals surface area contributed by atoms with Crippen LogP contribution in [0.5, 0.6) is 0 Å².